The average molecular weight is 212 g/mol. The maximum Gasteiger partial charge on any atom is 0.0183 e. The van der Waals surface area contributed by atoms with Crippen LogP contribution in [0.4, 0.5) is 0 Å². The van der Waals surface area contributed by atoms with E-state index < -0.39 is 0 Å². The number of hydrogen-bond acceptors (Lipinski definition) is 2. The first kappa shape index (κ1) is 11.0. The minimum atomic E-state index is 0.329. The predicted molar refractivity (Wildman–Crippen MR) is 64.4 cm³/mol. The minimum absolute atomic E-state index is 0.329. The molecule has 0 aromatic heterocycles. The zero-order valence-electron chi connectivity index (χ0n) is 8.63. The molecular formula is C11H16S2. The largest absolute Gasteiger partial charge is 0.0830 e. The first-order valence-electron chi connectivity index (χ1n) is 4.40. The SMILES string of the molecule is Cc1ccc(SSC(C)(C)C)cc1. The molecule has 0 aliphatic rings. The number of hydrogen-bond donors (Lipinski definition) is 0. The van der Waals surface area contributed by atoms with E-state index in [1.165, 1.54) is 10.5 Å². The normalized spacial score (nSPS) is 11.7. The first-order chi connectivity index (χ1) is 5.97. The average Bonchev–Trinajstić information content (AvgIpc) is 2.02. The third kappa shape index (κ3) is 4.63. The summed E-state index contributed by atoms with van der Waals surface area (Å²) in [7, 11) is 3.76. The summed E-state index contributed by atoms with van der Waals surface area (Å²) in [6.07, 6.45) is 0. The molecule has 0 fully saturated rings. The summed E-state index contributed by atoms with van der Waals surface area (Å²) < 4.78 is 0.329. The van der Waals surface area contributed by atoms with Crippen LogP contribution in [0, 0.1) is 6.92 Å². The van der Waals surface area contributed by atoms with Crippen molar-refractivity contribution in [3.63, 3.8) is 0 Å². The molecule has 0 heterocycles. The van der Waals surface area contributed by atoms with E-state index in [1.54, 1.807) is 0 Å². The molecule has 0 nitrogen and oxygen atoms in total. The molecule has 0 atom stereocenters. The van der Waals surface area contributed by atoms with E-state index in [1.807, 2.05) is 21.6 Å². The summed E-state index contributed by atoms with van der Waals surface area (Å²) in [6.45, 7) is 8.82. The fourth-order valence-electron chi connectivity index (χ4n) is 0.767. The second-order valence-electron chi connectivity index (χ2n) is 4.09. The van der Waals surface area contributed by atoms with Crippen LogP contribution in [-0.2, 0) is 0 Å². The highest BCUT2D eigenvalue weighted by Crippen LogP contribution is 2.40. The highest BCUT2D eigenvalue weighted by molar-refractivity contribution is 8.77. The topological polar surface area (TPSA) is 0 Å². The van der Waals surface area contributed by atoms with Crippen molar-refractivity contribution in [2.24, 2.45) is 0 Å². The molecule has 13 heavy (non-hydrogen) atoms. The monoisotopic (exact) mass is 212 g/mol. The van der Waals surface area contributed by atoms with Crippen LogP contribution in [0.5, 0.6) is 0 Å². The van der Waals surface area contributed by atoms with E-state index >= 15 is 0 Å². The van der Waals surface area contributed by atoms with Gasteiger partial charge in [0.15, 0.2) is 0 Å². The first-order valence-corrected chi connectivity index (χ1v) is 6.55. The molecule has 72 valence electrons. The van der Waals surface area contributed by atoms with E-state index in [2.05, 4.69) is 52.0 Å². The van der Waals surface area contributed by atoms with Crippen molar-refractivity contribution in [3.8, 4) is 0 Å². The van der Waals surface area contributed by atoms with Gasteiger partial charge in [-0.1, -0.05) is 60.1 Å². The Morgan fingerprint density at radius 1 is 1.00 bits per heavy atom. The summed E-state index contributed by atoms with van der Waals surface area (Å²) in [4.78, 5) is 1.34. The lowest BCUT2D eigenvalue weighted by Crippen LogP contribution is -2.04. The Morgan fingerprint density at radius 3 is 2.00 bits per heavy atom. The number of benzene rings is 1. The molecule has 0 unspecified atom stereocenters. The lowest BCUT2D eigenvalue weighted by Gasteiger charge is -2.15. The van der Waals surface area contributed by atoms with Gasteiger partial charge in [0.2, 0.25) is 0 Å². The summed E-state index contributed by atoms with van der Waals surface area (Å²) in [5, 5.41) is 0. The zero-order valence-corrected chi connectivity index (χ0v) is 10.3. The molecule has 2 heteroatoms. The van der Waals surface area contributed by atoms with Crippen molar-refractivity contribution in [2.75, 3.05) is 0 Å². The Balaban J connectivity index is 2.51. The lowest BCUT2D eigenvalue weighted by molar-refractivity contribution is 0.810. The molecule has 0 spiro atoms. The Bertz CT molecular complexity index is 256. The Morgan fingerprint density at radius 2 is 1.54 bits per heavy atom. The summed E-state index contributed by atoms with van der Waals surface area (Å²) in [6, 6.07) is 8.68. The molecule has 1 rings (SSSR count). The molecule has 1 aromatic rings. The summed E-state index contributed by atoms with van der Waals surface area (Å²) in [5.41, 5.74) is 1.32. The van der Waals surface area contributed by atoms with Crippen LogP contribution in [0.2, 0.25) is 0 Å². The third-order valence-corrected chi connectivity index (χ3v) is 4.78. The highest BCUT2D eigenvalue weighted by atomic mass is 33.1. The van der Waals surface area contributed by atoms with E-state index in [0.29, 0.717) is 4.75 Å². The highest BCUT2D eigenvalue weighted by Gasteiger charge is 2.11. The van der Waals surface area contributed by atoms with E-state index in [0.717, 1.165) is 0 Å². The predicted octanol–water partition coefficient (Wildman–Crippen LogP) is 4.53. The van der Waals surface area contributed by atoms with Crippen LogP contribution in [0.1, 0.15) is 26.3 Å². The summed E-state index contributed by atoms with van der Waals surface area (Å²) in [5.74, 6) is 0. The van der Waals surface area contributed by atoms with Gasteiger partial charge in [0.05, 0.1) is 0 Å². The van der Waals surface area contributed by atoms with Crippen LogP contribution in [0.3, 0.4) is 0 Å². The van der Waals surface area contributed by atoms with Gasteiger partial charge in [0, 0.05) is 9.64 Å². The van der Waals surface area contributed by atoms with Gasteiger partial charge < -0.3 is 0 Å². The van der Waals surface area contributed by atoms with Gasteiger partial charge in [-0.25, -0.2) is 0 Å². The Hall–Kier alpha value is -0.0800. The zero-order chi connectivity index (χ0) is 9.90. The van der Waals surface area contributed by atoms with E-state index in [-0.39, 0.29) is 0 Å². The molecule has 0 saturated carbocycles. The van der Waals surface area contributed by atoms with Gasteiger partial charge in [-0.2, -0.15) is 0 Å². The fourth-order valence-corrected chi connectivity index (χ4v) is 2.73. The van der Waals surface area contributed by atoms with Crippen LogP contribution in [0.15, 0.2) is 29.2 Å². The maximum atomic E-state index is 2.23. The molecule has 0 saturated heterocycles. The maximum absolute atomic E-state index is 2.23. The molecule has 0 aliphatic carbocycles. The molecule has 0 aliphatic heterocycles. The molecule has 0 bridgehead atoms. The second-order valence-corrected chi connectivity index (χ2v) is 7.12. The van der Waals surface area contributed by atoms with Crippen LogP contribution >= 0.6 is 21.6 Å². The molecular weight excluding hydrogens is 196 g/mol. The third-order valence-electron chi connectivity index (χ3n) is 1.41. The second kappa shape index (κ2) is 4.43. The molecule has 1 aromatic carbocycles. The smallest absolute Gasteiger partial charge is 0.0183 e. The van der Waals surface area contributed by atoms with E-state index in [4.69, 9.17) is 0 Å². The van der Waals surface area contributed by atoms with Gasteiger partial charge in [0.1, 0.15) is 0 Å². The quantitative estimate of drug-likeness (QED) is 0.660. The minimum Gasteiger partial charge on any atom is -0.0830 e. The van der Waals surface area contributed by atoms with Crippen molar-refractivity contribution in [1.29, 1.82) is 0 Å². The van der Waals surface area contributed by atoms with Crippen molar-refractivity contribution < 1.29 is 0 Å². The number of rotatable bonds is 2. The van der Waals surface area contributed by atoms with Gasteiger partial charge in [-0.15, -0.1) is 0 Å². The molecule has 0 radical (unpaired) electrons. The van der Waals surface area contributed by atoms with E-state index in [9.17, 15) is 0 Å². The van der Waals surface area contributed by atoms with Gasteiger partial charge in [-0.3, -0.25) is 0 Å². The van der Waals surface area contributed by atoms with Crippen LogP contribution < -0.4 is 0 Å². The number of aryl methyl sites for hydroxylation is 1. The van der Waals surface area contributed by atoms with Crippen molar-refractivity contribution in [2.45, 2.75) is 37.3 Å². The molecule has 0 N–H and O–H groups in total. The Labute approximate surface area is 88.9 Å². The Kier molecular flexibility index (Phi) is 3.74. The van der Waals surface area contributed by atoms with Crippen molar-refractivity contribution in [3.05, 3.63) is 29.8 Å². The standard InChI is InChI=1S/C11H16S2/c1-9-5-7-10(8-6-9)12-13-11(2,3)4/h5-8H,1-4H3. The van der Waals surface area contributed by atoms with Crippen LogP contribution in [-0.4, -0.2) is 4.75 Å². The van der Waals surface area contributed by atoms with Crippen molar-refractivity contribution in [1.82, 2.24) is 0 Å². The van der Waals surface area contributed by atoms with Gasteiger partial charge >= 0.3 is 0 Å². The molecule has 0 amide bonds. The van der Waals surface area contributed by atoms with Crippen LogP contribution in [0.25, 0.3) is 0 Å². The fraction of sp³-hybridized carbons (Fsp3) is 0.455. The van der Waals surface area contributed by atoms with Gasteiger partial charge in [-0.05, 0) is 19.1 Å². The summed E-state index contributed by atoms with van der Waals surface area (Å²) >= 11 is 0. The lowest BCUT2D eigenvalue weighted by atomic mass is 10.2. The van der Waals surface area contributed by atoms with Crippen molar-refractivity contribution >= 4 is 21.6 Å². The van der Waals surface area contributed by atoms with Gasteiger partial charge in [0.25, 0.3) is 0 Å².